The highest BCUT2D eigenvalue weighted by molar-refractivity contribution is 8.00. The Labute approximate surface area is 200 Å². The van der Waals surface area contributed by atoms with Crippen molar-refractivity contribution >= 4 is 46.8 Å². The first kappa shape index (κ1) is 22.9. The van der Waals surface area contributed by atoms with Gasteiger partial charge in [0.15, 0.2) is 0 Å². The molecule has 6 nitrogen and oxygen atoms in total. The zero-order chi connectivity index (χ0) is 23.4. The van der Waals surface area contributed by atoms with Gasteiger partial charge in [0.1, 0.15) is 5.37 Å². The molecular weight excluding hydrogens is 460 g/mol. The molecule has 3 aromatic rings. The molecule has 3 aromatic carbocycles. The van der Waals surface area contributed by atoms with Crippen LogP contribution in [0.1, 0.15) is 37.2 Å². The molecule has 0 spiro atoms. The van der Waals surface area contributed by atoms with E-state index in [-0.39, 0.29) is 17.2 Å². The fraction of sp³-hybridized carbons (Fsp3) is 0.160. The molecule has 1 aliphatic heterocycles. The number of hydrogen-bond donors (Lipinski definition) is 1. The van der Waals surface area contributed by atoms with Crippen LogP contribution in [0.5, 0.6) is 0 Å². The van der Waals surface area contributed by atoms with Gasteiger partial charge in [0.05, 0.1) is 18.4 Å². The summed E-state index contributed by atoms with van der Waals surface area (Å²) in [5.41, 5.74) is 3.28. The first-order chi connectivity index (χ1) is 15.9. The van der Waals surface area contributed by atoms with E-state index in [0.29, 0.717) is 34.1 Å². The molecule has 0 bridgehead atoms. The molecule has 1 saturated heterocycles. The second-order valence-electron chi connectivity index (χ2n) is 7.46. The molecule has 0 radical (unpaired) electrons. The summed E-state index contributed by atoms with van der Waals surface area (Å²) in [4.78, 5) is 38.7. The molecule has 1 aliphatic rings. The third kappa shape index (κ3) is 5.38. The number of halogens is 1. The second kappa shape index (κ2) is 10.1. The highest BCUT2D eigenvalue weighted by Gasteiger charge is 2.32. The lowest BCUT2D eigenvalue weighted by Gasteiger charge is -2.24. The highest BCUT2D eigenvalue weighted by Crippen LogP contribution is 2.39. The summed E-state index contributed by atoms with van der Waals surface area (Å²) in [6.45, 7) is 0.493. The van der Waals surface area contributed by atoms with Crippen molar-refractivity contribution in [2.24, 2.45) is 0 Å². The number of esters is 1. The number of thioether (sulfide) groups is 1. The number of ether oxygens (including phenoxy) is 1. The summed E-state index contributed by atoms with van der Waals surface area (Å²) in [6.07, 6.45) is 0. The van der Waals surface area contributed by atoms with E-state index < -0.39 is 5.97 Å². The molecular formula is C25H21ClN2O4S. The average Bonchev–Trinajstić information content (AvgIpc) is 3.20. The fourth-order valence-corrected chi connectivity index (χ4v) is 4.85. The van der Waals surface area contributed by atoms with Gasteiger partial charge >= 0.3 is 5.97 Å². The van der Waals surface area contributed by atoms with Crippen LogP contribution < -0.4 is 5.32 Å². The second-order valence-corrected chi connectivity index (χ2v) is 8.96. The van der Waals surface area contributed by atoms with Crippen LogP contribution in [0.2, 0.25) is 5.02 Å². The lowest BCUT2D eigenvalue weighted by Crippen LogP contribution is -2.27. The lowest BCUT2D eigenvalue weighted by molar-refractivity contribution is -0.128. The van der Waals surface area contributed by atoms with E-state index in [1.165, 1.54) is 7.11 Å². The molecule has 0 unspecified atom stereocenters. The normalized spacial score (nSPS) is 15.4. The van der Waals surface area contributed by atoms with E-state index in [1.807, 2.05) is 41.3 Å². The van der Waals surface area contributed by atoms with Crippen molar-refractivity contribution in [1.82, 2.24) is 4.90 Å². The van der Waals surface area contributed by atoms with Crippen molar-refractivity contribution in [3.05, 3.63) is 100 Å². The summed E-state index contributed by atoms with van der Waals surface area (Å²) in [5.74, 6) is -0.275. The van der Waals surface area contributed by atoms with Gasteiger partial charge in [-0.2, -0.15) is 0 Å². The van der Waals surface area contributed by atoms with Crippen LogP contribution in [0.15, 0.2) is 72.8 Å². The predicted molar refractivity (Wildman–Crippen MR) is 129 cm³/mol. The molecule has 1 fully saturated rings. The van der Waals surface area contributed by atoms with Gasteiger partial charge in [-0.1, -0.05) is 41.9 Å². The smallest absolute Gasteiger partial charge is 0.337 e. The first-order valence-corrected chi connectivity index (χ1v) is 11.6. The Hall–Kier alpha value is -3.29. The molecule has 8 heteroatoms. The minimum absolute atomic E-state index is 0.0762. The Kier molecular flexibility index (Phi) is 7.01. The number of benzene rings is 3. The minimum Gasteiger partial charge on any atom is -0.465 e. The largest absolute Gasteiger partial charge is 0.465 e. The molecule has 1 atom stereocenters. The standard InChI is InChI=1S/C25H21ClN2O4S/c1-32-25(31)19-3-2-4-21(13-19)27-23(30)17-7-9-18(10-8-17)24-28(22(29)15-33-24)14-16-5-11-20(26)12-6-16/h2-13,24H,14-15H2,1H3,(H,27,30)/t24-/m0/s1. The van der Waals surface area contributed by atoms with Gasteiger partial charge in [-0.3, -0.25) is 9.59 Å². The maximum absolute atomic E-state index is 12.7. The van der Waals surface area contributed by atoms with Gasteiger partial charge in [0.2, 0.25) is 5.91 Å². The molecule has 0 aromatic heterocycles. The van der Waals surface area contributed by atoms with Crippen LogP contribution >= 0.6 is 23.4 Å². The Morgan fingerprint density at radius 2 is 1.79 bits per heavy atom. The van der Waals surface area contributed by atoms with Gasteiger partial charge in [-0.05, 0) is 53.6 Å². The lowest BCUT2D eigenvalue weighted by atomic mass is 10.1. The SMILES string of the molecule is COC(=O)c1cccc(NC(=O)c2ccc([C@@H]3SCC(=O)N3Cc3ccc(Cl)cc3)cc2)c1. The average molecular weight is 481 g/mol. The first-order valence-electron chi connectivity index (χ1n) is 10.2. The van der Waals surface area contributed by atoms with Crippen LogP contribution in [0.4, 0.5) is 5.69 Å². The van der Waals surface area contributed by atoms with E-state index in [0.717, 1.165) is 11.1 Å². The van der Waals surface area contributed by atoms with E-state index in [4.69, 9.17) is 16.3 Å². The predicted octanol–water partition coefficient (Wildman–Crippen LogP) is 5.15. The summed E-state index contributed by atoms with van der Waals surface area (Å²) in [7, 11) is 1.31. The number of amides is 2. The molecule has 0 saturated carbocycles. The number of hydrogen-bond acceptors (Lipinski definition) is 5. The quantitative estimate of drug-likeness (QED) is 0.493. The molecule has 33 heavy (non-hydrogen) atoms. The zero-order valence-electron chi connectivity index (χ0n) is 17.8. The van der Waals surface area contributed by atoms with Crippen molar-refractivity contribution < 1.29 is 19.1 Å². The number of methoxy groups -OCH3 is 1. The van der Waals surface area contributed by atoms with Crippen molar-refractivity contribution in [2.75, 3.05) is 18.2 Å². The number of nitrogens with one attached hydrogen (secondary N) is 1. The number of carbonyl (C=O) groups is 3. The Balaban J connectivity index is 1.46. The van der Waals surface area contributed by atoms with Crippen LogP contribution in [-0.4, -0.2) is 35.5 Å². The monoisotopic (exact) mass is 480 g/mol. The van der Waals surface area contributed by atoms with E-state index in [1.54, 1.807) is 48.2 Å². The van der Waals surface area contributed by atoms with E-state index in [2.05, 4.69) is 5.32 Å². The van der Waals surface area contributed by atoms with Crippen molar-refractivity contribution in [2.45, 2.75) is 11.9 Å². The number of nitrogens with zero attached hydrogens (tertiary/aromatic N) is 1. The molecule has 4 rings (SSSR count). The Morgan fingerprint density at radius 3 is 2.48 bits per heavy atom. The van der Waals surface area contributed by atoms with Crippen LogP contribution in [0.25, 0.3) is 0 Å². The van der Waals surface area contributed by atoms with Gasteiger partial charge in [0.25, 0.3) is 5.91 Å². The number of rotatable bonds is 6. The Morgan fingerprint density at radius 1 is 1.06 bits per heavy atom. The number of anilines is 1. The van der Waals surface area contributed by atoms with Crippen molar-refractivity contribution in [3.8, 4) is 0 Å². The van der Waals surface area contributed by atoms with Gasteiger partial charge in [-0.25, -0.2) is 4.79 Å². The fourth-order valence-electron chi connectivity index (χ4n) is 3.53. The maximum atomic E-state index is 12.7. The molecule has 2 amide bonds. The van der Waals surface area contributed by atoms with Crippen LogP contribution in [-0.2, 0) is 16.1 Å². The zero-order valence-corrected chi connectivity index (χ0v) is 19.4. The molecule has 0 aliphatic carbocycles. The third-order valence-corrected chi connectivity index (χ3v) is 6.74. The molecule has 1 N–H and O–H groups in total. The topological polar surface area (TPSA) is 75.7 Å². The summed E-state index contributed by atoms with van der Waals surface area (Å²) in [6, 6.07) is 21.2. The number of carbonyl (C=O) groups excluding carboxylic acids is 3. The van der Waals surface area contributed by atoms with Crippen LogP contribution in [0, 0.1) is 0 Å². The molecule has 168 valence electrons. The van der Waals surface area contributed by atoms with Crippen molar-refractivity contribution in [1.29, 1.82) is 0 Å². The minimum atomic E-state index is -0.470. The van der Waals surface area contributed by atoms with Gasteiger partial charge in [0, 0.05) is 22.8 Å². The summed E-state index contributed by atoms with van der Waals surface area (Å²) < 4.78 is 4.71. The molecule has 1 heterocycles. The third-order valence-electron chi connectivity index (χ3n) is 5.23. The Bertz CT molecular complexity index is 1180. The van der Waals surface area contributed by atoms with Crippen molar-refractivity contribution in [3.63, 3.8) is 0 Å². The summed E-state index contributed by atoms with van der Waals surface area (Å²) >= 11 is 7.53. The highest BCUT2D eigenvalue weighted by atomic mass is 35.5. The van der Waals surface area contributed by atoms with E-state index >= 15 is 0 Å². The summed E-state index contributed by atoms with van der Waals surface area (Å²) in [5, 5.41) is 3.33. The van der Waals surface area contributed by atoms with E-state index in [9.17, 15) is 14.4 Å². The maximum Gasteiger partial charge on any atom is 0.337 e. The van der Waals surface area contributed by atoms with Gasteiger partial charge < -0.3 is 15.0 Å². The van der Waals surface area contributed by atoms with Crippen LogP contribution in [0.3, 0.4) is 0 Å². The van der Waals surface area contributed by atoms with Gasteiger partial charge in [-0.15, -0.1) is 11.8 Å².